The van der Waals surface area contributed by atoms with Crippen molar-refractivity contribution in [1.29, 1.82) is 0 Å². The van der Waals surface area contributed by atoms with Crippen molar-refractivity contribution in [3.8, 4) is 11.3 Å². The summed E-state index contributed by atoms with van der Waals surface area (Å²) >= 11 is 0. The fourth-order valence-corrected chi connectivity index (χ4v) is 2.48. The van der Waals surface area contributed by atoms with E-state index in [1.54, 1.807) is 4.90 Å². The number of anilines is 1. The van der Waals surface area contributed by atoms with Crippen molar-refractivity contribution in [3.05, 3.63) is 35.5 Å². The Morgan fingerprint density at radius 3 is 2.85 bits per heavy atom. The fourth-order valence-electron chi connectivity index (χ4n) is 2.48. The van der Waals surface area contributed by atoms with Crippen LogP contribution in [0.5, 0.6) is 0 Å². The third kappa shape index (κ3) is 1.80. The molecule has 7 nitrogen and oxygen atoms in total. The fraction of sp³-hybridized carbons (Fsp3) is 0.154. The molecule has 0 saturated carbocycles. The van der Waals surface area contributed by atoms with Crippen LogP contribution in [0.4, 0.5) is 5.69 Å². The van der Waals surface area contributed by atoms with Crippen molar-refractivity contribution in [1.82, 2.24) is 10.2 Å². The number of H-pyrrole nitrogens is 1. The number of aromatic amines is 1. The highest BCUT2D eigenvalue weighted by molar-refractivity contribution is 5.96. The molecule has 20 heavy (non-hydrogen) atoms. The van der Waals surface area contributed by atoms with Crippen LogP contribution >= 0.6 is 0 Å². The van der Waals surface area contributed by atoms with Gasteiger partial charge >= 0.3 is 5.97 Å². The molecule has 7 heteroatoms. The second-order valence-electron chi connectivity index (χ2n) is 4.56. The van der Waals surface area contributed by atoms with Crippen molar-refractivity contribution in [2.75, 3.05) is 11.4 Å². The summed E-state index contributed by atoms with van der Waals surface area (Å²) in [4.78, 5) is 24.1. The lowest BCUT2D eigenvalue weighted by Gasteiger charge is -2.29. The molecule has 0 bridgehead atoms. The Morgan fingerprint density at radius 2 is 2.15 bits per heavy atom. The van der Waals surface area contributed by atoms with Gasteiger partial charge in [0.1, 0.15) is 12.2 Å². The number of benzene rings is 1. The first-order valence-electron chi connectivity index (χ1n) is 6.01. The first-order valence-corrected chi connectivity index (χ1v) is 6.01. The van der Waals surface area contributed by atoms with Gasteiger partial charge in [-0.2, -0.15) is 5.10 Å². The van der Waals surface area contributed by atoms with E-state index in [1.165, 1.54) is 0 Å². The molecule has 1 aromatic carbocycles. The highest BCUT2D eigenvalue weighted by Crippen LogP contribution is 2.38. The van der Waals surface area contributed by atoms with E-state index in [1.807, 2.05) is 24.3 Å². The number of rotatable bonds is 3. The number of nitrogens with zero attached hydrogens (tertiary/aromatic N) is 2. The molecule has 0 fully saturated rings. The summed E-state index contributed by atoms with van der Waals surface area (Å²) in [6.45, 7) is 0.132. The van der Waals surface area contributed by atoms with Gasteiger partial charge in [0, 0.05) is 23.4 Å². The zero-order chi connectivity index (χ0) is 14.3. The van der Waals surface area contributed by atoms with Gasteiger partial charge in [-0.15, -0.1) is 0 Å². The van der Waals surface area contributed by atoms with Gasteiger partial charge in [0.05, 0.1) is 5.69 Å². The number of carbonyl (C=O) groups excluding carboxylic acids is 1. The molecule has 0 radical (unpaired) electrons. The van der Waals surface area contributed by atoms with Crippen LogP contribution in [0.2, 0.25) is 0 Å². The summed E-state index contributed by atoms with van der Waals surface area (Å²) in [6.07, 6.45) is 0. The van der Waals surface area contributed by atoms with Gasteiger partial charge in [0.25, 0.3) is 5.91 Å². The first-order chi connectivity index (χ1) is 9.58. The molecular weight excluding hydrogens is 260 g/mol. The van der Waals surface area contributed by atoms with Crippen molar-refractivity contribution < 1.29 is 14.7 Å². The minimum absolute atomic E-state index is 0.153. The Labute approximate surface area is 114 Å². The van der Waals surface area contributed by atoms with Crippen LogP contribution in [0.3, 0.4) is 0 Å². The predicted octanol–water partition coefficient (Wildman–Crippen LogP) is 0.580. The molecule has 102 valence electrons. The van der Waals surface area contributed by atoms with E-state index >= 15 is 0 Å². The molecule has 2 aromatic rings. The molecule has 0 saturated heterocycles. The minimum Gasteiger partial charge on any atom is -0.480 e. The van der Waals surface area contributed by atoms with Crippen LogP contribution in [0.1, 0.15) is 16.1 Å². The summed E-state index contributed by atoms with van der Waals surface area (Å²) < 4.78 is 0. The summed E-state index contributed by atoms with van der Waals surface area (Å²) in [5.74, 6) is -1.54. The smallest absolute Gasteiger partial charge is 0.323 e. The van der Waals surface area contributed by atoms with Crippen molar-refractivity contribution >= 4 is 17.6 Å². The summed E-state index contributed by atoms with van der Waals surface area (Å²) in [6, 6.07) is 7.35. The number of hydrogen-bond donors (Lipinski definition) is 3. The normalized spacial score (nSPS) is 12.7. The number of hydrogen-bond acceptors (Lipinski definition) is 4. The van der Waals surface area contributed by atoms with E-state index in [2.05, 4.69) is 10.2 Å². The quantitative estimate of drug-likeness (QED) is 0.756. The topological polar surface area (TPSA) is 112 Å². The molecule has 4 N–H and O–H groups in total. The first kappa shape index (κ1) is 12.2. The molecule has 2 heterocycles. The Kier molecular flexibility index (Phi) is 2.67. The monoisotopic (exact) mass is 272 g/mol. The third-order valence-corrected chi connectivity index (χ3v) is 3.29. The van der Waals surface area contributed by atoms with Crippen molar-refractivity contribution in [3.63, 3.8) is 0 Å². The number of amides is 1. The van der Waals surface area contributed by atoms with E-state index in [0.717, 1.165) is 11.3 Å². The number of carbonyl (C=O) groups is 2. The van der Waals surface area contributed by atoms with Crippen LogP contribution in [-0.4, -0.2) is 33.7 Å². The number of carboxylic acids is 1. The van der Waals surface area contributed by atoms with E-state index in [-0.39, 0.29) is 18.8 Å². The number of aromatic nitrogens is 2. The van der Waals surface area contributed by atoms with Crippen molar-refractivity contribution in [2.45, 2.75) is 6.54 Å². The van der Waals surface area contributed by atoms with Crippen LogP contribution < -0.4 is 10.6 Å². The maximum atomic E-state index is 11.4. The van der Waals surface area contributed by atoms with Crippen LogP contribution in [0.15, 0.2) is 24.3 Å². The number of para-hydroxylation sites is 1. The Hall–Kier alpha value is -2.83. The highest BCUT2D eigenvalue weighted by atomic mass is 16.4. The van der Waals surface area contributed by atoms with Crippen LogP contribution in [0, 0.1) is 0 Å². The number of carboxylic acid groups (broad SMARTS) is 1. The van der Waals surface area contributed by atoms with Crippen LogP contribution in [0.25, 0.3) is 11.3 Å². The summed E-state index contributed by atoms with van der Waals surface area (Å²) in [5, 5.41) is 15.8. The number of primary amides is 1. The largest absolute Gasteiger partial charge is 0.480 e. The van der Waals surface area contributed by atoms with Crippen LogP contribution in [-0.2, 0) is 11.3 Å². The SMILES string of the molecule is NC(=O)c1[nH]nc2c1CN(CC(=O)O)c1ccccc1-2. The lowest BCUT2D eigenvalue weighted by atomic mass is 9.98. The molecule has 3 rings (SSSR count). The average molecular weight is 272 g/mol. The van der Waals surface area contributed by atoms with E-state index < -0.39 is 11.9 Å². The van der Waals surface area contributed by atoms with Gasteiger partial charge in [-0.3, -0.25) is 14.7 Å². The molecular formula is C13H12N4O3. The second kappa shape index (κ2) is 4.37. The molecule has 1 amide bonds. The van der Waals surface area contributed by atoms with Gasteiger partial charge in [0.15, 0.2) is 0 Å². The number of nitrogens with two attached hydrogens (primary N) is 1. The Balaban J connectivity index is 2.16. The van der Waals surface area contributed by atoms with E-state index in [0.29, 0.717) is 11.3 Å². The third-order valence-electron chi connectivity index (χ3n) is 3.29. The molecule has 0 atom stereocenters. The van der Waals surface area contributed by atoms with Gasteiger partial charge < -0.3 is 15.7 Å². The molecule has 0 spiro atoms. The van der Waals surface area contributed by atoms with Crippen molar-refractivity contribution in [2.24, 2.45) is 5.73 Å². The Morgan fingerprint density at radius 1 is 1.40 bits per heavy atom. The minimum atomic E-state index is -0.938. The van der Waals surface area contributed by atoms with Gasteiger partial charge in [0.2, 0.25) is 0 Å². The number of fused-ring (bicyclic) bond motifs is 3. The number of nitrogens with one attached hydrogen (secondary N) is 1. The maximum absolute atomic E-state index is 11.4. The maximum Gasteiger partial charge on any atom is 0.323 e. The molecule has 0 unspecified atom stereocenters. The second-order valence-corrected chi connectivity index (χ2v) is 4.56. The van der Waals surface area contributed by atoms with Gasteiger partial charge in [-0.05, 0) is 6.07 Å². The molecule has 1 aliphatic rings. The average Bonchev–Trinajstić information content (AvgIpc) is 2.82. The zero-order valence-corrected chi connectivity index (χ0v) is 10.5. The molecule has 1 aliphatic heterocycles. The summed E-state index contributed by atoms with van der Waals surface area (Å²) in [7, 11) is 0. The molecule has 0 aliphatic carbocycles. The lowest BCUT2D eigenvalue weighted by Crippen LogP contribution is -2.32. The zero-order valence-electron chi connectivity index (χ0n) is 10.5. The molecule has 1 aromatic heterocycles. The highest BCUT2D eigenvalue weighted by Gasteiger charge is 2.29. The van der Waals surface area contributed by atoms with E-state index in [9.17, 15) is 9.59 Å². The summed E-state index contributed by atoms with van der Waals surface area (Å²) in [5.41, 5.74) is 8.39. The predicted molar refractivity (Wildman–Crippen MR) is 71.2 cm³/mol. The Bertz CT molecular complexity index is 707. The van der Waals surface area contributed by atoms with Gasteiger partial charge in [-0.25, -0.2) is 0 Å². The lowest BCUT2D eigenvalue weighted by molar-refractivity contribution is -0.135. The standard InChI is InChI=1S/C13H12N4O3/c14-13(20)12-8-5-17(6-10(18)19)9-4-2-1-3-7(9)11(8)15-16-12/h1-4H,5-6H2,(H2,14,20)(H,15,16)(H,18,19). The van der Waals surface area contributed by atoms with Gasteiger partial charge in [-0.1, -0.05) is 18.2 Å². The van der Waals surface area contributed by atoms with E-state index in [4.69, 9.17) is 10.8 Å². The number of aliphatic carboxylic acids is 1.